The molecule has 1 nitrogen and oxygen atoms in total. The third-order valence-corrected chi connectivity index (χ3v) is 9.74. The molecule has 0 saturated heterocycles. The van der Waals surface area contributed by atoms with E-state index in [1.807, 2.05) is 11.3 Å². The number of fused-ring (bicyclic) bond motifs is 7. The molecule has 0 fully saturated rings. The average Bonchev–Trinajstić information content (AvgIpc) is 3.59. The topological polar surface area (TPSA) is 4.93 Å². The van der Waals surface area contributed by atoms with Crippen molar-refractivity contribution in [3.63, 3.8) is 0 Å². The smallest absolute Gasteiger partial charge is 0.0547 e. The van der Waals surface area contributed by atoms with Gasteiger partial charge in [-0.3, -0.25) is 0 Å². The maximum Gasteiger partial charge on any atom is 0.0547 e. The number of para-hydroxylation sites is 1. The van der Waals surface area contributed by atoms with Crippen LogP contribution in [-0.2, 0) is 0 Å². The van der Waals surface area contributed by atoms with E-state index in [1.165, 1.54) is 80.7 Å². The summed E-state index contributed by atoms with van der Waals surface area (Å²) in [4.78, 5) is 0. The Morgan fingerprint density at radius 3 is 1.88 bits per heavy atom. The first-order valence-corrected chi connectivity index (χ1v) is 15.2. The Hall–Kier alpha value is -5.18. The summed E-state index contributed by atoms with van der Waals surface area (Å²) in [6.45, 7) is 0. The van der Waals surface area contributed by atoms with E-state index in [4.69, 9.17) is 0 Å². The Kier molecular flexibility index (Phi) is 5.13. The van der Waals surface area contributed by atoms with Crippen molar-refractivity contribution in [2.75, 3.05) is 0 Å². The summed E-state index contributed by atoms with van der Waals surface area (Å²) in [7, 11) is 0. The van der Waals surface area contributed by atoms with Crippen LogP contribution in [0, 0.1) is 0 Å². The van der Waals surface area contributed by atoms with Crippen molar-refractivity contribution in [2.45, 2.75) is 0 Å². The first-order valence-electron chi connectivity index (χ1n) is 14.3. The van der Waals surface area contributed by atoms with Crippen LogP contribution in [-0.4, -0.2) is 4.57 Å². The van der Waals surface area contributed by atoms with Crippen molar-refractivity contribution in [1.82, 2.24) is 4.57 Å². The fourth-order valence-electron chi connectivity index (χ4n) is 6.51. The van der Waals surface area contributed by atoms with E-state index in [1.54, 1.807) is 0 Å². The second-order valence-corrected chi connectivity index (χ2v) is 12.1. The van der Waals surface area contributed by atoms with Gasteiger partial charge < -0.3 is 4.57 Å². The molecule has 0 radical (unpaired) electrons. The number of thiophene rings is 1. The fourth-order valence-corrected chi connectivity index (χ4v) is 7.59. The SMILES string of the molecule is c1ccc2cc(-c3ccc(-n4c5ccccc5c5ccc(-c6ccc7sc8ccccc8c7c6)cc54)cc3)ccc2c1. The van der Waals surface area contributed by atoms with Crippen LogP contribution in [0.25, 0.3) is 80.7 Å². The van der Waals surface area contributed by atoms with Crippen LogP contribution in [0.4, 0.5) is 0 Å². The zero-order valence-corrected chi connectivity index (χ0v) is 23.6. The molecule has 0 amide bonds. The Morgan fingerprint density at radius 2 is 0.976 bits per heavy atom. The largest absolute Gasteiger partial charge is 0.309 e. The number of hydrogen-bond acceptors (Lipinski definition) is 1. The highest BCUT2D eigenvalue weighted by molar-refractivity contribution is 7.25. The number of benzene rings is 7. The molecule has 2 heteroatoms. The van der Waals surface area contributed by atoms with Gasteiger partial charge >= 0.3 is 0 Å². The number of rotatable bonds is 3. The van der Waals surface area contributed by atoms with E-state index in [9.17, 15) is 0 Å². The lowest BCUT2D eigenvalue weighted by molar-refractivity contribution is 1.18. The molecule has 0 unspecified atom stereocenters. The van der Waals surface area contributed by atoms with E-state index in [0.717, 1.165) is 0 Å². The summed E-state index contributed by atoms with van der Waals surface area (Å²) in [5, 5.41) is 7.75. The van der Waals surface area contributed by atoms with Crippen molar-refractivity contribution in [2.24, 2.45) is 0 Å². The molecule has 0 spiro atoms. The molecule has 0 atom stereocenters. The summed E-state index contributed by atoms with van der Waals surface area (Å²) in [5.74, 6) is 0. The van der Waals surface area contributed by atoms with E-state index < -0.39 is 0 Å². The lowest BCUT2D eigenvalue weighted by Gasteiger charge is -2.11. The Balaban J connectivity index is 1.20. The van der Waals surface area contributed by atoms with Gasteiger partial charge in [-0.1, -0.05) is 103 Å². The van der Waals surface area contributed by atoms with Crippen LogP contribution in [0.1, 0.15) is 0 Å². The summed E-state index contributed by atoms with van der Waals surface area (Å²) in [5.41, 5.74) is 8.56. The predicted molar refractivity (Wildman–Crippen MR) is 182 cm³/mol. The van der Waals surface area contributed by atoms with Crippen LogP contribution >= 0.6 is 11.3 Å². The van der Waals surface area contributed by atoms with Crippen molar-refractivity contribution < 1.29 is 0 Å². The fraction of sp³-hybridized carbons (Fsp3) is 0. The first-order chi connectivity index (χ1) is 20.8. The molecule has 9 aromatic rings. The first kappa shape index (κ1) is 23.5. The minimum atomic E-state index is 1.17. The average molecular weight is 552 g/mol. The molecule has 0 saturated carbocycles. The molecule has 2 aromatic heterocycles. The summed E-state index contributed by atoms with van der Waals surface area (Å²) >= 11 is 1.87. The van der Waals surface area contributed by atoms with Gasteiger partial charge in [-0.15, -0.1) is 11.3 Å². The maximum absolute atomic E-state index is 2.41. The Labute approximate surface area is 247 Å². The van der Waals surface area contributed by atoms with Gasteiger partial charge in [0.2, 0.25) is 0 Å². The lowest BCUT2D eigenvalue weighted by Crippen LogP contribution is -1.94. The van der Waals surface area contributed by atoms with E-state index in [-0.39, 0.29) is 0 Å². The molecule has 0 aliphatic carbocycles. The van der Waals surface area contributed by atoms with E-state index in [0.29, 0.717) is 0 Å². The van der Waals surface area contributed by atoms with E-state index >= 15 is 0 Å². The highest BCUT2D eigenvalue weighted by Crippen LogP contribution is 2.39. The van der Waals surface area contributed by atoms with Gasteiger partial charge in [0.25, 0.3) is 0 Å². The predicted octanol–water partition coefficient (Wildman–Crippen LogP) is 11.6. The van der Waals surface area contributed by atoms with Gasteiger partial charge in [0.05, 0.1) is 11.0 Å². The van der Waals surface area contributed by atoms with Gasteiger partial charge in [-0.2, -0.15) is 0 Å². The molecule has 0 N–H and O–H groups in total. The molecular weight excluding hydrogens is 527 g/mol. The summed E-state index contributed by atoms with van der Waals surface area (Å²) in [6.07, 6.45) is 0. The van der Waals surface area contributed by atoms with Gasteiger partial charge in [-0.25, -0.2) is 0 Å². The van der Waals surface area contributed by atoms with Crippen LogP contribution in [0.5, 0.6) is 0 Å². The molecule has 9 rings (SSSR count). The van der Waals surface area contributed by atoms with Crippen LogP contribution in [0.15, 0.2) is 152 Å². The second-order valence-electron chi connectivity index (χ2n) is 11.0. The minimum absolute atomic E-state index is 1.17. The van der Waals surface area contributed by atoms with Crippen LogP contribution in [0.2, 0.25) is 0 Å². The van der Waals surface area contributed by atoms with Gasteiger partial charge in [0, 0.05) is 36.6 Å². The van der Waals surface area contributed by atoms with Crippen LogP contribution in [0.3, 0.4) is 0 Å². The Morgan fingerprint density at radius 1 is 0.357 bits per heavy atom. The Bertz CT molecular complexity index is 2460. The molecule has 0 bridgehead atoms. The van der Waals surface area contributed by atoms with Gasteiger partial charge in [-0.05, 0) is 81.6 Å². The molecule has 0 aliphatic rings. The summed E-state index contributed by atoms with van der Waals surface area (Å²) in [6, 6.07) is 55.6. The highest BCUT2D eigenvalue weighted by Gasteiger charge is 2.14. The van der Waals surface area contributed by atoms with Crippen molar-refractivity contribution >= 4 is 64.1 Å². The van der Waals surface area contributed by atoms with Crippen molar-refractivity contribution in [3.05, 3.63) is 152 Å². The van der Waals surface area contributed by atoms with E-state index in [2.05, 4.69) is 156 Å². The van der Waals surface area contributed by atoms with Gasteiger partial charge in [0.1, 0.15) is 0 Å². The quantitative estimate of drug-likeness (QED) is 0.206. The van der Waals surface area contributed by atoms with Crippen molar-refractivity contribution in [1.29, 1.82) is 0 Å². The molecule has 42 heavy (non-hydrogen) atoms. The lowest BCUT2D eigenvalue weighted by atomic mass is 10.0. The monoisotopic (exact) mass is 551 g/mol. The number of nitrogens with zero attached hydrogens (tertiary/aromatic N) is 1. The molecular formula is C40H25NS. The standard InChI is InChI=1S/C40H25NS/c1-2-8-28-23-29(14-13-26(28)7-1)27-15-19-32(20-16-27)41-37-11-5-3-9-33(37)34-21-17-31(25-38(34)41)30-18-22-40-36(24-30)35-10-4-6-12-39(35)42-40/h1-25H. The zero-order chi connectivity index (χ0) is 27.6. The second kappa shape index (κ2) is 9.17. The molecule has 196 valence electrons. The third kappa shape index (κ3) is 3.62. The van der Waals surface area contributed by atoms with Crippen molar-refractivity contribution in [3.8, 4) is 27.9 Å². The zero-order valence-electron chi connectivity index (χ0n) is 22.8. The molecule has 2 heterocycles. The maximum atomic E-state index is 2.41. The normalized spacial score (nSPS) is 11.8. The number of hydrogen-bond donors (Lipinski definition) is 0. The molecule has 7 aromatic carbocycles. The van der Waals surface area contributed by atoms with Crippen LogP contribution < -0.4 is 0 Å². The number of aromatic nitrogens is 1. The molecule has 0 aliphatic heterocycles. The highest BCUT2D eigenvalue weighted by atomic mass is 32.1. The minimum Gasteiger partial charge on any atom is -0.309 e. The summed E-state index contributed by atoms with van der Waals surface area (Å²) < 4.78 is 5.09. The van der Waals surface area contributed by atoms with Gasteiger partial charge in [0.15, 0.2) is 0 Å². The third-order valence-electron chi connectivity index (χ3n) is 8.59.